The van der Waals surface area contributed by atoms with Crippen molar-refractivity contribution in [3.63, 3.8) is 0 Å². The third kappa shape index (κ3) is 61.2. The minimum Gasteiger partial charge on any atom is -0.756 e. The lowest BCUT2D eigenvalue weighted by Gasteiger charge is -2.28. The molecule has 2 unspecified atom stereocenters. The van der Waals surface area contributed by atoms with Crippen molar-refractivity contribution in [3.8, 4) is 0 Å². The van der Waals surface area contributed by atoms with E-state index in [9.17, 15) is 19.0 Å². The second-order valence-corrected chi connectivity index (χ2v) is 24.5. The first kappa shape index (κ1) is 74.0. The Morgan fingerprint density at radius 2 is 0.750 bits per heavy atom. The Labute approximate surface area is 471 Å². The lowest BCUT2D eigenvalue weighted by Crippen LogP contribution is -2.37. The SMILES string of the molecule is CC/C=C\C/C=C\C/C=C\C/C=C\CCCCC(=O)OC(COC(=O)CCCCCCCCCCCCCCCCCCCCCCCCCCCCCCCCCCCCCCC)COP(=O)([O-])OCC[N+](C)(C)C. The van der Waals surface area contributed by atoms with E-state index >= 15 is 0 Å². The number of rotatable bonds is 60. The van der Waals surface area contributed by atoms with Crippen LogP contribution in [0.25, 0.3) is 0 Å². The monoisotopic (exact) mass is 1090 g/mol. The molecule has 0 aromatic heterocycles. The van der Waals surface area contributed by atoms with Gasteiger partial charge < -0.3 is 27.9 Å². The summed E-state index contributed by atoms with van der Waals surface area (Å²) in [5.41, 5.74) is 0. The van der Waals surface area contributed by atoms with Crippen LogP contribution in [0.15, 0.2) is 48.6 Å². The van der Waals surface area contributed by atoms with E-state index in [0.29, 0.717) is 17.4 Å². The third-order valence-electron chi connectivity index (χ3n) is 14.4. The molecule has 0 saturated heterocycles. The summed E-state index contributed by atoms with van der Waals surface area (Å²) in [6.45, 7) is 4.11. The molecule has 0 spiro atoms. The van der Waals surface area contributed by atoms with Gasteiger partial charge in [-0.3, -0.25) is 14.2 Å². The van der Waals surface area contributed by atoms with Crippen LogP contribution in [0.3, 0.4) is 0 Å². The molecule has 0 radical (unpaired) electrons. The van der Waals surface area contributed by atoms with Crippen LogP contribution in [-0.2, 0) is 32.7 Å². The van der Waals surface area contributed by atoms with E-state index < -0.39 is 26.5 Å². The summed E-state index contributed by atoms with van der Waals surface area (Å²) in [7, 11) is 1.14. The van der Waals surface area contributed by atoms with Gasteiger partial charge in [0.1, 0.15) is 19.8 Å². The molecular formula is C66H124NO8P. The predicted molar refractivity (Wildman–Crippen MR) is 324 cm³/mol. The minimum atomic E-state index is -4.65. The summed E-state index contributed by atoms with van der Waals surface area (Å²) >= 11 is 0. The zero-order valence-corrected chi connectivity index (χ0v) is 51.6. The number of carbonyl (C=O) groups is 2. The number of unbranched alkanes of at least 4 members (excludes halogenated alkanes) is 38. The van der Waals surface area contributed by atoms with Crippen molar-refractivity contribution in [2.75, 3.05) is 47.5 Å². The smallest absolute Gasteiger partial charge is 0.306 e. The molecule has 0 amide bonds. The standard InChI is InChI=1S/C66H124NO8P/c1-6-8-10-12-14-16-18-20-22-23-24-25-26-27-28-29-30-31-32-33-34-35-36-37-38-39-40-41-42-43-45-46-48-50-52-54-56-58-65(68)72-62-64(63-74-76(70,71)73-61-60-67(3,4)5)75-66(69)59-57-55-53-51-49-47-44-21-19-17-15-13-11-9-7-2/h9,11,15,17,21,44,49,51,64H,6-8,10,12-14,16,18-20,22-43,45-48,50,52-63H2,1-5H3/b11-9-,17-15-,44-21-,51-49-. The molecule has 0 fully saturated rings. The molecule has 446 valence electrons. The van der Waals surface area contributed by atoms with Gasteiger partial charge in [0.05, 0.1) is 27.7 Å². The van der Waals surface area contributed by atoms with Crippen molar-refractivity contribution in [2.45, 2.75) is 315 Å². The highest BCUT2D eigenvalue weighted by Gasteiger charge is 2.22. The quantitative estimate of drug-likeness (QED) is 0.0195. The van der Waals surface area contributed by atoms with Gasteiger partial charge in [0.2, 0.25) is 0 Å². The number of nitrogens with zero attached hydrogens (tertiary/aromatic N) is 1. The van der Waals surface area contributed by atoms with E-state index in [2.05, 4.69) is 62.5 Å². The second-order valence-electron chi connectivity index (χ2n) is 23.1. The Bertz CT molecular complexity index is 1420. The highest BCUT2D eigenvalue weighted by atomic mass is 31.2. The number of hydrogen-bond donors (Lipinski definition) is 0. The van der Waals surface area contributed by atoms with Crippen LogP contribution in [0.2, 0.25) is 0 Å². The number of phosphoric acid groups is 1. The third-order valence-corrected chi connectivity index (χ3v) is 15.3. The van der Waals surface area contributed by atoms with Crippen molar-refractivity contribution in [1.29, 1.82) is 0 Å². The number of hydrogen-bond acceptors (Lipinski definition) is 8. The van der Waals surface area contributed by atoms with E-state index in [4.69, 9.17) is 18.5 Å². The summed E-state index contributed by atoms with van der Waals surface area (Å²) in [6, 6.07) is 0. The number of phosphoric ester groups is 1. The molecule has 0 saturated carbocycles. The maximum Gasteiger partial charge on any atom is 0.306 e. The Kier molecular flexibility index (Phi) is 56.1. The lowest BCUT2D eigenvalue weighted by atomic mass is 10.0. The molecule has 0 aromatic carbocycles. The molecule has 9 nitrogen and oxygen atoms in total. The molecule has 10 heteroatoms. The lowest BCUT2D eigenvalue weighted by molar-refractivity contribution is -0.870. The Hall–Kier alpha value is -2.03. The predicted octanol–water partition coefficient (Wildman–Crippen LogP) is 19.9. The van der Waals surface area contributed by atoms with E-state index in [-0.39, 0.29) is 32.0 Å². The first-order valence-corrected chi connectivity index (χ1v) is 33.8. The fraction of sp³-hybridized carbons (Fsp3) is 0.848. The summed E-state index contributed by atoms with van der Waals surface area (Å²) in [6.07, 6.45) is 73.7. The summed E-state index contributed by atoms with van der Waals surface area (Å²) in [4.78, 5) is 37.8. The van der Waals surface area contributed by atoms with Gasteiger partial charge in [0.25, 0.3) is 7.82 Å². The molecule has 0 aliphatic rings. The molecule has 0 bridgehead atoms. The highest BCUT2D eigenvalue weighted by molar-refractivity contribution is 7.45. The number of ether oxygens (including phenoxy) is 2. The molecule has 0 aromatic rings. The summed E-state index contributed by atoms with van der Waals surface area (Å²) in [5, 5.41) is 0. The molecule has 0 rings (SSSR count). The number of likely N-dealkylation sites (N-methyl/N-ethyl adjacent to an activating group) is 1. The number of esters is 2. The van der Waals surface area contributed by atoms with Crippen molar-refractivity contribution < 1.29 is 42.1 Å². The van der Waals surface area contributed by atoms with Crippen LogP contribution in [0.1, 0.15) is 309 Å². The van der Waals surface area contributed by atoms with Gasteiger partial charge in [-0.05, 0) is 51.4 Å². The molecule has 76 heavy (non-hydrogen) atoms. The molecule has 0 N–H and O–H groups in total. The normalized spacial score (nSPS) is 13.5. The first-order chi connectivity index (χ1) is 37.0. The van der Waals surface area contributed by atoms with Crippen LogP contribution >= 0.6 is 7.82 Å². The largest absolute Gasteiger partial charge is 0.756 e. The average molecular weight is 1090 g/mol. The van der Waals surface area contributed by atoms with E-state index in [0.717, 1.165) is 57.8 Å². The summed E-state index contributed by atoms with van der Waals surface area (Å²) in [5.74, 6) is -0.872. The van der Waals surface area contributed by atoms with Gasteiger partial charge in [0.15, 0.2) is 6.10 Å². The van der Waals surface area contributed by atoms with E-state index in [1.165, 1.54) is 218 Å². The fourth-order valence-corrected chi connectivity index (χ4v) is 10.1. The molecule has 0 aliphatic heterocycles. The molecule has 0 aliphatic carbocycles. The zero-order valence-electron chi connectivity index (χ0n) is 50.7. The Morgan fingerprint density at radius 3 is 1.12 bits per heavy atom. The van der Waals surface area contributed by atoms with Crippen LogP contribution in [-0.4, -0.2) is 70.0 Å². The average Bonchev–Trinajstić information content (AvgIpc) is 3.38. The minimum absolute atomic E-state index is 0.0389. The van der Waals surface area contributed by atoms with Crippen molar-refractivity contribution >= 4 is 19.8 Å². The van der Waals surface area contributed by atoms with Gasteiger partial charge >= 0.3 is 11.9 Å². The topological polar surface area (TPSA) is 111 Å². The molecule has 2 atom stereocenters. The van der Waals surface area contributed by atoms with Crippen molar-refractivity contribution in [3.05, 3.63) is 48.6 Å². The van der Waals surface area contributed by atoms with Gasteiger partial charge in [0, 0.05) is 12.8 Å². The van der Waals surface area contributed by atoms with Crippen molar-refractivity contribution in [1.82, 2.24) is 0 Å². The fourth-order valence-electron chi connectivity index (χ4n) is 9.42. The Morgan fingerprint density at radius 1 is 0.421 bits per heavy atom. The second kappa shape index (κ2) is 57.6. The van der Waals surface area contributed by atoms with Gasteiger partial charge in [-0.25, -0.2) is 0 Å². The first-order valence-electron chi connectivity index (χ1n) is 32.3. The molecule has 0 heterocycles. The van der Waals surface area contributed by atoms with Crippen LogP contribution in [0, 0.1) is 0 Å². The molecular weight excluding hydrogens is 966 g/mol. The maximum atomic E-state index is 12.7. The van der Waals surface area contributed by atoms with E-state index in [1.807, 2.05) is 21.1 Å². The van der Waals surface area contributed by atoms with Crippen LogP contribution in [0.5, 0.6) is 0 Å². The highest BCUT2D eigenvalue weighted by Crippen LogP contribution is 2.38. The Balaban J connectivity index is 3.90. The van der Waals surface area contributed by atoms with Gasteiger partial charge in [-0.2, -0.15) is 0 Å². The number of allylic oxidation sites excluding steroid dienone is 8. The van der Waals surface area contributed by atoms with Crippen molar-refractivity contribution in [2.24, 2.45) is 0 Å². The van der Waals surface area contributed by atoms with Crippen LogP contribution < -0.4 is 4.89 Å². The number of quaternary nitrogens is 1. The van der Waals surface area contributed by atoms with Gasteiger partial charge in [-0.1, -0.05) is 294 Å². The zero-order chi connectivity index (χ0) is 55.6. The van der Waals surface area contributed by atoms with Crippen LogP contribution in [0.4, 0.5) is 0 Å². The number of carbonyl (C=O) groups excluding carboxylic acids is 2. The van der Waals surface area contributed by atoms with E-state index in [1.54, 1.807) is 0 Å². The van der Waals surface area contributed by atoms with Gasteiger partial charge in [-0.15, -0.1) is 0 Å². The maximum absolute atomic E-state index is 12.7. The summed E-state index contributed by atoms with van der Waals surface area (Å²) < 4.78 is 34.1.